The van der Waals surface area contributed by atoms with E-state index in [-0.39, 0.29) is 0 Å². The molecule has 1 aliphatic carbocycles. The Hall–Kier alpha value is -0.0800. The molecule has 0 radical (unpaired) electrons. The van der Waals surface area contributed by atoms with Crippen LogP contribution in [0.3, 0.4) is 0 Å². The molecule has 2 heteroatoms. The Morgan fingerprint density at radius 3 is 2.64 bits per heavy atom. The van der Waals surface area contributed by atoms with Crippen molar-refractivity contribution in [3.63, 3.8) is 0 Å². The zero-order valence-corrected chi connectivity index (χ0v) is 7.51. The Balaban J connectivity index is 2.64. The molecule has 1 rings (SSSR count). The monoisotopic (exact) mass is 157 g/mol. The molecule has 66 valence electrons. The number of rotatable bonds is 1. The van der Waals surface area contributed by atoms with Gasteiger partial charge >= 0.3 is 0 Å². The van der Waals surface area contributed by atoms with Gasteiger partial charge in [0.25, 0.3) is 0 Å². The lowest BCUT2D eigenvalue weighted by Gasteiger charge is -2.41. The van der Waals surface area contributed by atoms with Crippen LogP contribution >= 0.6 is 0 Å². The summed E-state index contributed by atoms with van der Waals surface area (Å²) in [6, 6.07) is 0. The fraction of sp³-hybridized carbons (Fsp3) is 1.00. The first kappa shape index (κ1) is 9.01. The summed E-state index contributed by atoms with van der Waals surface area (Å²) < 4.78 is 0. The summed E-state index contributed by atoms with van der Waals surface area (Å²) in [5.74, 6) is 0.985. The van der Waals surface area contributed by atoms with Crippen molar-refractivity contribution in [1.82, 2.24) is 0 Å². The summed E-state index contributed by atoms with van der Waals surface area (Å²) in [5.41, 5.74) is 4.97. The van der Waals surface area contributed by atoms with Crippen LogP contribution in [0.2, 0.25) is 0 Å². The molecule has 0 amide bonds. The van der Waals surface area contributed by atoms with E-state index in [1.165, 1.54) is 6.42 Å². The summed E-state index contributed by atoms with van der Waals surface area (Å²) in [7, 11) is 0. The molecule has 0 aromatic rings. The second kappa shape index (κ2) is 3.11. The van der Waals surface area contributed by atoms with Gasteiger partial charge in [-0.1, -0.05) is 26.7 Å². The fourth-order valence-electron chi connectivity index (χ4n) is 2.03. The Bertz CT molecular complexity index is 138. The van der Waals surface area contributed by atoms with E-state index in [1.54, 1.807) is 0 Å². The number of hydrogen-bond donors (Lipinski definition) is 2. The third-order valence-corrected chi connectivity index (χ3v) is 3.32. The maximum Gasteiger partial charge on any atom is 0.0797 e. The van der Waals surface area contributed by atoms with Crippen LogP contribution < -0.4 is 5.73 Å². The minimum atomic E-state index is -0.572. The van der Waals surface area contributed by atoms with Crippen LogP contribution in [0.1, 0.15) is 33.1 Å². The van der Waals surface area contributed by atoms with Crippen molar-refractivity contribution in [3.8, 4) is 0 Å². The second-order valence-electron chi connectivity index (χ2n) is 3.97. The Morgan fingerprint density at radius 1 is 1.55 bits per heavy atom. The zero-order chi connectivity index (χ0) is 8.48. The van der Waals surface area contributed by atoms with Gasteiger partial charge in [0, 0.05) is 6.54 Å². The lowest BCUT2D eigenvalue weighted by Crippen LogP contribution is -2.48. The van der Waals surface area contributed by atoms with Crippen molar-refractivity contribution < 1.29 is 5.11 Å². The van der Waals surface area contributed by atoms with Gasteiger partial charge in [-0.25, -0.2) is 0 Å². The number of nitrogens with two attached hydrogens (primary N) is 1. The summed E-state index contributed by atoms with van der Waals surface area (Å²) in [6.45, 7) is 4.72. The van der Waals surface area contributed by atoms with Gasteiger partial charge in [-0.3, -0.25) is 0 Å². The standard InChI is InChI=1S/C9H19NO/c1-7-4-3-5-9(11,6-10)8(7)2/h7-8,11H,3-6,10H2,1-2H3. The molecule has 2 nitrogen and oxygen atoms in total. The summed E-state index contributed by atoms with van der Waals surface area (Å²) >= 11 is 0. The highest BCUT2D eigenvalue weighted by Gasteiger charge is 2.38. The maximum atomic E-state index is 9.99. The molecular formula is C9H19NO. The fourth-order valence-corrected chi connectivity index (χ4v) is 2.03. The van der Waals surface area contributed by atoms with Crippen LogP contribution in [0.25, 0.3) is 0 Å². The van der Waals surface area contributed by atoms with Crippen molar-refractivity contribution in [2.24, 2.45) is 17.6 Å². The van der Waals surface area contributed by atoms with E-state index in [9.17, 15) is 5.11 Å². The highest BCUT2D eigenvalue weighted by Crippen LogP contribution is 2.36. The van der Waals surface area contributed by atoms with Gasteiger partial charge in [0.2, 0.25) is 0 Å². The normalized spacial score (nSPS) is 45.8. The van der Waals surface area contributed by atoms with Gasteiger partial charge < -0.3 is 10.8 Å². The van der Waals surface area contributed by atoms with Gasteiger partial charge in [-0.05, 0) is 18.3 Å². The van der Waals surface area contributed by atoms with Crippen LogP contribution in [-0.2, 0) is 0 Å². The molecule has 11 heavy (non-hydrogen) atoms. The predicted octanol–water partition coefficient (Wildman–Crippen LogP) is 1.13. The molecule has 1 aliphatic rings. The average molecular weight is 157 g/mol. The first-order valence-corrected chi connectivity index (χ1v) is 4.52. The minimum Gasteiger partial charge on any atom is -0.388 e. The quantitative estimate of drug-likeness (QED) is 0.599. The number of aliphatic hydroxyl groups is 1. The summed E-state index contributed by atoms with van der Waals surface area (Å²) in [4.78, 5) is 0. The molecule has 0 saturated heterocycles. The van der Waals surface area contributed by atoms with Gasteiger partial charge in [-0.2, -0.15) is 0 Å². The van der Waals surface area contributed by atoms with Crippen molar-refractivity contribution in [3.05, 3.63) is 0 Å². The third kappa shape index (κ3) is 1.57. The highest BCUT2D eigenvalue weighted by atomic mass is 16.3. The first-order valence-electron chi connectivity index (χ1n) is 4.52. The largest absolute Gasteiger partial charge is 0.388 e. The van der Waals surface area contributed by atoms with Crippen LogP contribution in [0.5, 0.6) is 0 Å². The minimum absolute atomic E-state index is 0.362. The molecular weight excluding hydrogens is 138 g/mol. The second-order valence-corrected chi connectivity index (χ2v) is 3.97. The van der Waals surface area contributed by atoms with Crippen molar-refractivity contribution in [1.29, 1.82) is 0 Å². The molecule has 0 spiro atoms. The van der Waals surface area contributed by atoms with E-state index in [0.29, 0.717) is 18.4 Å². The van der Waals surface area contributed by atoms with E-state index < -0.39 is 5.60 Å². The Labute approximate surface area is 68.8 Å². The van der Waals surface area contributed by atoms with E-state index >= 15 is 0 Å². The van der Waals surface area contributed by atoms with Gasteiger partial charge in [0.1, 0.15) is 0 Å². The van der Waals surface area contributed by atoms with E-state index in [4.69, 9.17) is 5.73 Å². The van der Waals surface area contributed by atoms with Crippen molar-refractivity contribution in [2.45, 2.75) is 38.7 Å². The maximum absolute atomic E-state index is 9.99. The molecule has 0 aromatic heterocycles. The van der Waals surface area contributed by atoms with E-state index in [2.05, 4.69) is 13.8 Å². The molecule has 0 aromatic carbocycles. The van der Waals surface area contributed by atoms with Gasteiger partial charge in [0.15, 0.2) is 0 Å². The van der Waals surface area contributed by atoms with Crippen LogP contribution in [0.4, 0.5) is 0 Å². The lowest BCUT2D eigenvalue weighted by molar-refractivity contribution is -0.0546. The topological polar surface area (TPSA) is 46.2 Å². The molecule has 1 saturated carbocycles. The van der Waals surface area contributed by atoms with Crippen LogP contribution in [0.15, 0.2) is 0 Å². The smallest absolute Gasteiger partial charge is 0.0797 e. The predicted molar refractivity (Wildman–Crippen MR) is 46.2 cm³/mol. The van der Waals surface area contributed by atoms with Crippen molar-refractivity contribution in [2.75, 3.05) is 6.54 Å². The Kier molecular flexibility index (Phi) is 2.55. The summed E-state index contributed by atoms with van der Waals surface area (Å²) in [5, 5.41) is 9.99. The van der Waals surface area contributed by atoms with Gasteiger partial charge in [0.05, 0.1) is 5.60 Å². The molecule has 0 aliphatic heterocycles. The van der Waals surface area contributed by atoms with Crippen LogP contribution in [-0.4, -0.2) is 17.3 Å². The van der Waals surface area contributed by atoms with Crippen LogP contribution in [0, 0.1) is 11.8 Å². The average Bonchev–Trinajstić information content (AvgIpc) is 2.00. The van der Waals surface area contributed by atoms with Crippen molar-refractivity contribution >= 4 is 0 Å². The van der Waals surface area contributed by atoms with E-state index in [1.807, 2.05) is 0 Å². The third-order valence-electron chi connectivity index (χ3n) is 3.32. The molecule has 3 N–H and O–H groups in total. The van der Waals surface area contributed by atoms with Gasteiger partial charge in [-0.15, -0.1) is 0 Å². The zero-order valence-electron chi connectivity index (χ0n) is 7.51. The molecule has 0 heterocycles. The lowest BCUT2D eigenvalue weighted by atomic mass is 9.71. The molecule has 1 fully saturated rings. The molecule has 0 bridgehead atoms. The molecule has 3 atom stereocenters. The Morgan fingerprint density at radius 2 is 2.18 bits per heavy atom. The molecule has 3 unspecified atom stereocenters. The highest BCUT2D eigenvalue weighted by molar-refractivity contribution is 4.91. The first-order chi connectivity index (χ1) is 5.10. The number of hydrogen-bond acceptors (Lipinski definition) is 2. The summed E-state index contributed by atoms with van der Waals surface area (Å²) in [6.07, 6.45) is 3.25. The SMILES string of the molecule is CC1CCCC(O)(CN)C1C. The van der Waals surface area contributed by atoms with E-state index in [0.717, 1.165) is 12.8 Å².